The lowest BCUT2D eigenvalue weighted by atomic mass is 10.1. The zero-order valence-electron chi connectivity index (χ0n) is 12.3. The van der Waals surface area contributed by atoms with Crippen LogP contribution in [0.25, 0.3) is 11.2 Å². The Kier molecular flexibility index (Phi) is 3.21. The number of rotatable bonds is 3. The van der Waals surface area contributed by atoms with Crippen LogP contribution in [-0.4, -0.2) is 19.5 Å². The highest BCUT2D eigenvalue weighted by molar-refractivity contribution is 5.71. The molecule has 3 rings (SSSR count). The smallest absolute Gasteiger partial charge is 0.278 e. The molecule has 6 nitrogen and oxygen atoms in total. The first-order valence-corrected chi connectivity index (χ1v) is 6.86. The van der Waals surface area contributed by atoms with Gasteiger partial charge in [0, 0.05) is 12.7 Å². The number of hydrogen-bond donors (Lipinski definition) is 2. The van der Waals surface area contributed by atoms with Crippen molar-refractivity contribution in [2.45, 2.75) is 20.3 Å². The summed E-state index contributed by atoms with van der Waals surface area (Å²) in [4.78, 5) is 23.2. The Hall–Kier alpha value is -2.63. The fourth-order valence-corrected chi connectivity index (χ4v) is 2.39. The van der Waals surface area contributed by atoms with Gasteiger partial charge in [0.15, 0.2) is 11.2 Å². The van der Waals surface area contributed by atoms with Crippen LogP contribution < -0.4 is 10.9 Å². The summed E-state index contributed by atoms with van der Waals surface area (Å²) < 4.78 is 1.66. The van der Waals surface area contributed by atoms with Crippen molar-refractivity contribution in [3.05, 3.63) is 46.0 Å². The summed E-state index contributed by atoms with van der Waals surface area (Å²) in [7, 11) is 1.77. The molecule has 2 N–H and O–H groups in total. The SMILES string of the molecule is CCc1cc(Nc2nc3ncn(C)c3c(=O)[nH]2)ccc1C. The zero-order valence-corrected chi connectivity index (χ0v) is 12.3. The molecule has 0 saturated carbocycles. The maximum absolute atomic E-state index is 12.1. The lowest BCUT2D eigenvalue weighted by molar-refractivity contribution is 0.938. The van der Waals surface area contributed by atoms with E-state index in [-0.39, 0.29) is 5.56 Å². The van der Waals surface area contributed by atoms with E-state index in [2.05, 4.69) is 46.2 Å². The van der Waals surface area contributed by atoms with E-state index >= 15 is 0 Å². The number of benzene rings is 1. The van der Waals surface area contributed by atoms with E-state index < -0.39 is 0 Å². The summed E-state index contributed by atoms with van der Waals surface area (Å²) in [5, 5.41) is 3.13. The third-order valence-electron chi connectivity index (χ3n) is 3.58. The Morgan fingerprint density at radius 1 is 1.38 bits per heavy atom. The average Bonchev–Trinajstić information content (AvgIpc) is 2.83. The molecule has 2 heterocycles. The Balaban J connectivity index is 2.00. The van der Waals surface area contributed by atoms with Crippen molar-refractivity contribution < 1.29 is 0 Å². The Bertz CT molecular complexity index is 862. The molecule has 0 fully saturated rings. The van der Waals surface area contributed by atoms with Crippen molar-refractivity contribution in [2.24, 2.45) is 7.05 Å². The molecule has 0 aliphatic carbocycles. The van der Waals surface area contributed by atoms with Crippen LogP contribution in [0.1, 0.15) is 18.1 Å². The van der Waals surface area contributed by atoms with E-state index in [1.807, 2.05) is 6.07 Å². The number of nitrogens with zero attached hydrogens (tertiary/aromatic N) is 3. The summed E-state index contributed by atoms with van der Waals surface area (Å²) in [5.74, 6) is 0.400. The van der Waals surface area contributed by atoms with E-state index in [9.17, 15) is 4.79 Å². The molecule has 0 atom stereocenters. The Morgan fingerprint density at radius 3 is 2.95 bits per heavy atom. The van der Waals surface area contributed by atoms with Gasteiger partial charge in [0.1, 0.15) is 0 Å². The van der Waals surface area contributed by atoms with Gasteiger partial charge >= 0.3 is 0 Å². The van der Waals surface area contributed by atoms with Crippen LogP contribution in [0.3, 0.4) is 0 Å². The summed E-state index contributed by atoms with van der Waals surface area (Å²) in [6.07, 6.45) is 2.54. The number of aryl methyl sites for hydroxylation is 3. The first-order valence-electron chi connectivity index (χ1n) is 6.86. The molecule has 0 saturated heterocycles. The maximum Gasteiger partial charge on any atom is 0.278 e. The van der Waals surface area contributed by atoms with Gasteiger partial charge in [-0.3, -0.25) is 9.78 Å². The van der Waals surface area contributed by atoms with Gasteiger partial charge in [-0.2, -0.15) is 4.98 Å². The number of hydrogen-bond acceptors (Lipinski definition) is 4. The summed E-state index contributed by atoms with van der Waals surface area (Å²) in [6.45, 7) is 4.20. The number of H-pyrrole nitrogens is 1. The number of imidazole rings is 1. The molecule has 0 unspecified atom stereocenters. The molecule has 0 aliphatic heterocycles. The van der Waals surface area contributed by atoms with Crippen LogP contribution in [0.5, 0.6) is 0 Å². The number of aromatic amines is 1. The maximum atomic E-state index is 12.1. The summed E-state index contributed by atoms with van der Waals surface area (Å²) >= 11 is 0. The standard InChI is InChI=1S/C15H17N5O/c1-4-10-7-11(6-5-9(10)2)17-15-18-13-12(14(21)19-15)20(3)8-16-13/h5-8H,4H2,1-3H3,(H2,17,18,19,21). The van der Waals surface area contributed by atoms with Gasteiger partial charge in [-0.05, 0) is 36.6 Å². The molecule has 0 spiro atoms. The minimum atomic E-state index is -0.203. The van der Waals surface area contributed by atoms with E-state index in [0.29, 0.717) is 17.1 Å². The molecule has 1 aromatic carbocycles. The molecule has 0 bridgehead atoms. The fraction of sp³-hybridized carbons (Fsp3) is 0.267. The van der Waals surface area contributed by atoms with E-state index in [0.717, 1.165) is 12.1 Å². The largest absolute Gasteiger partial charge is 0.328 e. The predicted octanol–water partition coefficient (Wildman–Crippen LogP) is 2.27. The second-order valence-corrected chi connectivity index (χ2v) is 5.06. The highest BCUT2D eigenvalue weighted by atomic mass is 16.1. The number of aromatic nitrogens is 4. The second-order valence-electron chi connectivity index (χ2n) is 5.06. The highest BCUT2D eigenvalue weighted by Gasteiger charge is 2.08. The van der Waals surface area contributed by atoms with E-state index in [1.54, 1.807) is 17.9 Å². The van der Waals surface area contributed by atoms with Crippen LogP contribution in [0.4, 0.5) is 11.6 Å². The van der Waals surface area contributed by atoms with Gasteiger partial charge in [0.05, 0.1) is 6.33 Å². The normalized spacial score (nSPS) is 11.0. The van der Waals surface area contributed by atoms with Crippen molar-refractivity contribution in [2.75, 3.05) is 5.32 Å². The Labute approximate surface area is 121 Å². The van der Waals surface area contributed by atoms with Gasteiger partial charge in [-0.1, -0.05) is 13.0 Å². The van der Waals surface area contributed by atoms with Gasteiger partial charge in [0.2, 0.25) is 5.95 Å². The first-order chi connectivity index (χ1) is 10.1. The van der Waals surface area contributed by atoms with Crippen LogP contribution >= 0.6 is 0 Å². The van der Waals surface area contributed by atoms with Crippen LogP contribution in [0, 0.1) is 6.92 Å². The second kappa shape index (κ2) is 5.05. The summed E-state index contributed by atoms with van der Waals surface area (Å²) in [5.41, 5.74) is 4.12. The lowest BCUT2D eigenvalue weighted by Gasteiger charge is -2.09. The molecule has 3 aromatic rings. The molecular weight excluding hydrogens is 266 g/mol. The van der Waals surface area contributed by atoms with Crippen molar-refractivity contribution in [3.8, 4) is 0 Å². The quantitative estimate of drug-likeness (QED) is 0.773. The third kappa shape index (κ3) is 2.40. The van der Waals surface area contributed by atoms with Crippen molar-refractivity contribution >= 4 is 22.8 Å². The molecule has 0 amide bonds. The zero-order chi connectivity index (χ0) is 15.0. The number of fused-ring (bicyclic) bond motifs is 1. The number of anilines is 2. The van der Waals surface area contributed by atoms with Crippen molar-refractivity contribution in [3.63, 3.8) is 0 Å². The molecule has 0 aliphatic rings. The van der Waals surface area contributed by atoms with Gasteiger partial charge in [-0.25, -0.2) is 4.98 Å². The molecule has 6 heteroatoms. The Morgan fingerprint density at radius 2 is 2.19 bits per heavy atom. The predicted molar refractivity (Wildman–Crippen MR) is 83.0 cm³/mol. The molecular formula is C15H17N5O. The minimum Gasteiger partial charge on any atom is -0.328 e. The van der Waals surface area contributed by atoms with E-state index in [1.165, 1.54) is 11.1 Å². The monoisotopic (exact) mass is 283 g/mol. The summed E-state index contributed by atoms with van der Waals surface area (Å²) in [6, 6.07) is 6.09. The average molecular weight is 283 g/mol. The van der Waals surface area contributed by atoms with Gasteiger partial charge in [0.25, 0.3) is 5.56 Å². The van der Waals surface area contributed by atoms with Gasteiger partial charge in [-0.15, -0.1) is 0 Å². The van der Waals surface area contributed by atoms with E-state index in [4.69, 9.17) is 0 Å². The fourth-order valence-electron chi connectivity index (χ4n) is 2.39. The molecule has 21 heavy (non-hydrogen) atoms. The number of nitrogens with one attached hydrogen (secondary N) is 2. The molecule has 0 radical (unpaired) electrons. The molecule has 2 aromatic heterocycles. The van der Waals surface area contributed by atoms with Crippen LogP contribution in [-0.2, 0) is 13.5 Å². The third-order valence-corrected chi connectivity index (χ3v) is 3.58. The topological polar surface area (TPSA) is 75.6 Å². The lowest BCUT2D eigenvalue weighted by Crippen LogP contribution is -2.13. The molecule has 108 valence electrons. The highest BCUT2D eigenvalue weighted by Crippen LogP contribution is 2.18. The van der Waals surface area contributed by atoms with Crippen LogP contribution in [0.2, 0.25) is 0 Å². The van der Waals surface area contributed by atoms with Crippen molar-refractivity contribution in [1.29, 1.82) is 0 Å². The first kappa shape index (κ1) is 13.4. The van der Waals surface area contributed by atoms with Crippen molar-refractivity contribution in [1.82, 2.24) is 19.5 Å². The van der Waals surface area contributed by atoms with Gasteiger partial charge < -0.3 is 9.88 Å². The minimum absolute atomic E-state index is 0.203. The van der Waals surface area contributed by atoms with Crippen LogP contribution in [0.15, 0.2) is 29.3 Å².